The molecule has 13 heavy (non-hydrogen) atoms. The van der Waals surface area contributed by atoms with Crippen molar-refractivity contribution in [2.75, 3.05) is 20.7 Å². The Bertz CT molecular complexity index is 207. The number of methoxy groups -OCH3 is 1. The van der Waals surface area contributed by atoms with Crippen LogP contribution in [0.25, 0.3) is 0 Å². The van der Waals surface area contributed by atoms with Gasteiger partial charge in [-0.3, -0.25) is 5.41 Å². The minimum Gasteiger partial charge on any atom is -0.481 e. The van der Waals surface area contributed by atoms with Gasteiger partial charge in [0, 0.05) is 24.9 Å². The first-order valence-corrected chi connectivity index (χ1v) is 4.53. The molecule has 1 fully saturated rings. The molecule has 0 bridgehead atoms. The Balaban J connectivity index is 2.66. The Hall–Kier alpha value is -1.03. The summed E-state index contributed by atoms with van der Waals surface area (Å²) in [7, 11) is 3.36. The molecule has 0 aromatic carbocycles. The van der Waals surface area contributed by atoms with Crippen LogP contribution in [0.3, 0.4) is 0 Å². The second-order valence-electron chi connectivity index (χ2n) is 3.07. The van der Waals surface area contributed by atoms with E-state index in [-0.39, 0.29) is 11.9 Å². The van der Waals surface area contributed by atoms with Gasteiger partial charge in [-0.2, -0.15) is 0 Å². The van der Waals surface area contributed by atoms with Crippen LogP contribution in [0, 0.1) is 5.41 Å². The van der Waals surface area contributed by atoms with Crippen LogP contribution in [0.4, 0.5) is 0 Å². The van der Waals surface area contributed by atoms with Crippen molar-refractivity contribution >= 4 is 5.90 Å². The standard InChI is InChI=1S/C9H17N3O/c1-11-6-7(9(10)13-2)8-4-3-5-12-8/h6,8,10-12H,3-5H2,1-2H3/b7-6-,10-9?. The molecule has 0 aromatic rings. The van der Waals surface area contributed by atoms with E-state index in [1.807, 2.05) is 13.2 Å². The number of rotatable bonds is 3. The molecule has 4 nitrogen and oxygen atoms in total. The predicted molar refractivity (Wildman–Crippen MR) is 52.9 cm³/mol. The molecule has 3 N–H and O–H groups in total. The highest BCUT2D eigenvalue weighted by Gasteiger charge is 2.21. The maximum absolute atomic E-state index is 7.59. The monoisotopic (exact) mass is 183 g/mol. The van der Waals surface area contributed by atoms with Crippen molar-refractivity contribution in [3.63, 3.8) is 0 Å². The third-order valence-electron chi connectivity index (χ3n) is 2.20. The molecular weight excluding hydrogens is 166 g/mol. The maximum atomic E-state index is 7.59. The van der Waals surface area contributed by atoms with Crippen LogP contribution >= 0.6 is 0 Å². The molecule has 0 saturated carbocycles. The van der Waals surface area contributed by atoms with Crippen molar-refractivity contribution in [3.8, 4) is 0 Å². The van der Waals surface area contributed by atoms with Gasteiger partial charge in [0.25, 0.3) is 0 Å². The largest absolute Gasteiger partial charge is 0.481 e. The minimum atomic E-state index is 0.244. The summed E-state index contributed by atoms with van der Waals surface area (Å²) in [6, 6.07) is 0.278. The van der Waals surface area contributed by atoms with Gasteiger partial charge < -0.3 is 15.4 Å². The van der Waals surface area contributed by atoms with Crippen molar-refractivity contribution in [1.29, 1.82) is 5.41 Å². The van der Waals surface area contributed by atoms with E-state index in [1.165, 1.54) is 13.5 Å². The lowest BCUT2D eigenvalue weighted by atomic mass is 10.1. The van der Waals surface area contributed by atoms with Crippen LogP contribution in [-0.2, 0) is 4.74 Å². The Kier molecular flexibility index (Phi) is 3.76. The second kappa shape index (κ2) is 4.87. The summed E-state index contributed by atoms with van der Waals surface area (Å²) >= 11 is 0. The van der Waals surface area contributed by atoms with Crippen LogP contribution < -0.4 is 10.6 Å². The quantitative estimate of drug-likeness (QED) is 0.440. The minimum absolute atomic E-state index is 0.244. The molecule has 1 heterocycles. The van der Waals surface area contributed by atoms with E-state index >= 15 is 0 Å². The zero-order valence-electron chi connectivity index (χ0n) is 8.18. The van der Waals surface area contributed by atoms with E-state index in [1.54, 1.807) is 0 Å². The molecule has 1 atom stereocenters. The van der Waals surface area contributed by atoms with E-state index in [0.29, 0.717) is 0 Å². The third-order valence-corrected chi connectivity index (χ3v) is 2.20. The van der Waals surface area contributed by atoms with Crippen molar-refractivity contribution in [2.24, 2.45) is 0 Å². The molecular formula is C9H17N3O. The zero-order chi connectivity index (χ0) is 9.68. The fraction of sp³-hybridized carbons (Fsp3) is 0.667. The fourth-order valence-corrected chi connectivity index (χ4v) is 1.55. The summed E-state index contributed by atoms with van der Waals surface area (Å²) < 4.78 is 4.91. The number of hydrogen-bond donors (Lipinski definition) is 3. The van der Waals surface area contributed by atoms with Gasteiger partial charge in [0.15, 0.2) is 0 Å². The smallest absolute Gasteiger partial charge is 0.211 e. The van der Waals surface area contributed by atoms with Gasteiger partial charge in [0.2, 0.25) is 5.90 Å². The van der Waals surface area contributed by atoms with Crippen LogP contribution in [-0.4, -0.2) is 32.6 Å². The highest BCUT2D eigenvalue weighted by molar-refractivity contribution is 5.92. The molecule has 1 unspecified atom stereocenters. The summed E-state index contributed by atoms with van der Waals surface area (Å²) in [5.74, 6) is 0.244. The van der Waals surface area contributed by atoms with Crippen molar-refractivity contribution < 1.29 is 4.74 Å². The van der Waals surface area contributed by atoms with E-state index in [0.717, 1.165) is 18.5 Å². The lowest BCUT2D eigenvalue weighted by Gasteiger charge is -2.14. The SMILES string of the molecule is CN/C=C(\C(=N)OC)C1CCCN1. The number of nitrogens with one attached hydrogen (secondary N) is 3. The predicted octanol–water partition coefficient (Wildman–Crippen LogP) is 0.465. The molecule has 1 rings (SSSR count). The fourth-order valence-electron chi connectivity index (χ4n) is 1.55. The molecule has 1 aliphatic heterocycles. The van der Waals surface area contributed by atoms with E-state index in [9.17, 15) is 0 Å². The van der Waals surface area contributed by atoms with Gasteiger partial charge in [0.05, 0.1) is 7.11 Å². The van der Waals surface area contributed by atoms with Gasteiger partial charge in [0.1, 0.15) is 0 Å². The zero-order valence-corrected chi connectivity index (χ0v) is 8.18. The summed E-state index contributed by atoms with van der Waals surface area (Å²) in [5.41, 5.74) is 0.905. The molecule has 1 saturated heterocycles. The van der Waals surface area contributed by atoms with Crippen LogP contribution in [0.5, 0.6) is 0 Å². The highest BCUT2D eigenvalue weighted by Crippen LogP contribution is 2.14. The lowest BCUT2D eigenvalue weighted by molar-refractivity contribution is 0.395. The van der Waals surface area contributed by atoms with Gasteiger partial charge in [-0.1, -0.05) is 0 Å². The molecule has 74 valence electrons. The third kappa shape index (κ3) is 2.45. The molecule has 4 heteroatoms. The summed E-state index contributed by atoms with van der Waals surface area (Å²) in [4.78, 5) is 0. The van der Waals surface area contributed by atoms with E-state index < -0.39 is 0 Å². The number of ether oxygens (including phenoxy) is 1. The van der Waals surface area contributed by atoms with Crippen LogP contribution in [0.1, 0.15) is 12.8 Å². The molecule has 0 spiro atoms. The van der Waals surface area contributed by atoms with Gasteiger partial charge >= 0.3 is 0 Å². The molecule has 0 radical (unpaired) electrons. The van der Waals surface area contributed by atoms with Crippen LogP contribution in [0.2, 0.25) is 0 Å². The average molecular weight is 183 g/mol. The lowest BCUT2D eigenvalue weighted by Crippen LogP contribution is -2.29. The van der Waals surface area contributed by atoms with Crippen molar-refractivity contribution in [1.82, 2.24) is 10.6 Å². The normalized spacial score (nSPS) is 22.9. The van der Waals surface area contributed by atoms with Gasteiger partial charge in [-0.25, -0.2) is 0 Å². The Morgan fingerprint density at radius 3 is 2.92 bits per heavy atom. The summed E-state index contributed by atoms with van der Waals surface area (Å²) in [6.45, 7) is 1.03. The molecule has 0 aromatic heterocycles. The number of hydrogen-bond acceptors (Lipinski definition) is 4. The highest BCUT2D eigenvalue weighted by atomic mass is 16.5. The Labute approximate surface area is 78.9 Å². The Morgan fingerprint density at radius 1 is 1.69 bits per heavy atom. The summed E-state index contributed by atoms with van der Waals surface area (Å²) in [5, 5.41) is 13.9. The first-order chi connectivity index (χ1) is 6.29. The van der Waals surface area contributed by atoms with E-state index in [4.69, 9.17) is 10.1 Å². The molecule has 1 aliphatic rings. The first-order valence-electron chi connectivity index (χ1n) is 4.53. The van der Waals surface area contributed by atoms with E-state index in [2.05, 4.69) is 10.6 Å². The average Bonchev–Trinajstić information content (AvgIpc) is 2.65. The Morgan fingerprint density at radius 2 is 2.46 bits per heavy atom. The summed E-state index contributed by atoms with van der Waals surface area (Å²) in [6.07, 6.45) is 4.08. The van der Waals surface area contributed by atoms with Crippen LogP contribution in [0.15, 0.2) is 11.8 Å². The topological polar surface area (TPSA) is 57.1 Å². The maximum Gasteiger partial charge on any atom is 0.211 e. The second-order valence-corrected chi connectivity index (χ2v) is 3.07. The van der Waals surface area contributed by atoms with Gasteiger partial charge in [-0.15, -0.1) is 0 Å². The van der Waals surface area contributed by atoms with Gasteiger partial charge in [-0.05, 0) is 19.4 Å². The van der Waals surface area contributed by atoms with Crippen molar-refractivity contribution in [2.45, 2.75) is 18.9 Å². The first kappa shape index (κ1) is 10.1. The molecule has 0 amide bonds. The molecule has 0 aliphatic carbocycles. The van der Waals surface area contributed by atoms with Crippen molar-refractivity contribution in [3.05, 3.63) is 11.8 Å².